The van der Waals surface area contributed by atoms with Crippen LogP contribution in [0.4, 0.5) is 15.5 Å². The number of fused-ring (bicyclic) bond motifs is 2. The number of amides is 3. The SMILES string of the molecule is C[C@H]1[C@H]([Si](C)(C)F)[C@@H](CC(=O)N(CCO)Cc2ccccc2)O[C@]12C(=O)N(Cc1cccc(N3N=C(c4ccccc4)CCC3=O)c1)c1ccc(Br)cc12. The molecule has 3 amide bonds. The number of aliphatic hydroxyl groups is 1. The van der Waals surface area contributed by atoms with E-state index in [0.29, 0.717) is 29.8 Å². The number of benzene rings is 4. The van der Waals surface area contributed by atoms with Gasteiger partial charge < -0.3 is 23.8 Å². The van der Waals surface area contributed by atoms with Gasteiger partial charge in [0.25, 0.3) is 5.91 Å². The van der Waals surface area contributed by atoms with Gasteiger partial charge in [-0.25, -0.2) is 5.01 Å². The Morgan fingerprint density at radius 1 is 0.981 bits per heavy atom. The monoisotopic (exact) mass is 810 g/mol. The molecule has 54 heavy (non-hydrogen) atoms. The normalized spacial score (nSPS) is 22.5. The van der Waals surface area contributed by atoms with Crippen molar-refractivity contribution in [2.24, 2.45) is 11.0 Å². The van der Waals surface area contributed by atoms with E-state index in [-0.39, 0.29) is 50.4 Å². The number of hydrogen-bond donors (Lipinski definition) is 1. The Morgan fingerprint density at radius 3 is 2.39 bits per heavy atom. The number of rotatable bonds is 11. The van der Waals surface area contributed by atoms with Crippen LogP contribution in [0.25, 0.3) is 0 Å². The molecule has 0 saturated carbocycles. The molecule has 0 bridgehead atoms. The lowest BCUT2D eigenvalue weighted by molar-refractivity contribution is -0.150. The van der Waals surface area contributed by atoms with Gasteiger partial charge in [-0.3, -0.25) is 14.4 Å². The van der Waals surface area contributed by atoms with Crippen molar-refractivity contribution in [3.05, 3.63) is 130 Å². The Kier molecular flexibility index (Phi) is 10.7. The Labute approximate surface area is 324 Å². The third-order valence-electron chi connectivity index (χ3n) is 10.9. The smallest absolute Gasteiger partial charge is 0.264 e. The van der Waals surface area contributed by atoms with Crippen LogP contribution in [0.2, 0.25) is 18.6 Å². The number of hydrazone groups is 1. The summed E-state index contributed by atoms with van der Waals surface area (Å²) in [5.74, 6) is -1.29. The summed E-state index contributed by atoms with van der Waals surface area (Å²) in [5, 5.41) is 16.0. The minimum atomic E-state index is -3.54. The van der Waals surface area contributed by atoms with Gasteiger partial charge in [0, 0.05) is 47.4 Å². The second-order valence-corrected chi connectivity index (χ2v) is 19.6. The first-order valence-electron chi connectivity index (χ1n) is 18.4. The van der Waals surface area contributed by atoms with Crippen molar-refractivity contribution < 1.29 is 28.3 Å². The molecule has 0 unspecified atom stereocenters. The van der Waals surface area contributed by atoms with Crippen LogP contribution in [0.15, 0.2) is 113 Å². The number of anilines is 2. The highest BCUT2D eigenvalue weighted by Crippen LogP contribution is 2.60. The zero-order chi connectivity index (χ0) is 38.2. The third kappa shape index (κ3) is 7.19. The predicted molar refractivity (Wildman–Crippen MR) is 213 cm³/mol. The number of hydrogen-bond acceptors (Lipinski definition) is 6. The van der Waals surface area contributed by atoms with Gasteiger partial charge in [-0.15, -0.1) is 0 Å². The fraction of sp³-hybridized carbons (Fsp3) is 0.333. The third-order valence-corrected chi connectivity index (χ3v) is 13.8. The molecule has 1 spiro atoms. The highest BCUT2D eigenvalue weighted by atomic mass is 79.9. The molecule has 0 radical (unpaired) electrons. The van der Waals surface area contributed by atoms with Crippen molar-refractivity contribution >= 4 is 59.1 Å². The molecule has 4 aromatic rings. The molecule has 3 aliphatic rings. The number of ether oxygens (including phenoxy) is 1. The molecule has 1 fully saturated rings. The maximum absolute atomic E-state index is 16.5. The van der Waals surface area contributed by atoms with E-state index in [0.717, 1.165) is 26.9 Å². The van der Waals surface area contributed by atoms with Crippen molar-refractivity contribution in [3.63, 3.8) is 0 Å². The zero-order valence-electron chi connectivity index (χ0n) is 30.6. The van der Waals surface area contributed by atoms with Gasteiger partial charge in [0.2, 0.25) is 20.2 Å². The maximum Gasteiger partial charge on any atom is 0.264 e. The molecule has 0 aromatic heterocycles. The minimum absolute atomic E-state index is 0.114. The molecule has 12 heteroatoms. The average molecular weight is 812 g/mol. The molecule has 1 saturated heterocycles. The predicted octanol–water partition coefficient (Wildman–Crippen LogP) is 7.71. The first kappa shape index (κ1) is 37.8. The van der Waals surface area contributed by atoms with E-state index in [1.807, 2.05) is 110 Å². The standard InChI is InChI=1S/C42H44BrFN4O5Si/c1-28-40(54(2,3)44)37(25-39(51)46(21-22-49)26-29-11-6-4-7-12-29)53-42(28)34-24-32(43)17-19-36(34)47(41(42)52)27-30-13-10-16-33(23-30)48-38(50)20-18-35(45-48)31-14-8-5-9-15-31/h4-17,19,23-24,28,37,40,49H,18,20-22,25-27H2,1-3H3/t28-,37+,40-,42+/m0/s1. The van der Waals surface area contributed by atoms with E-state index in [9.17, 15) is 19.5 Å². The first-order valence-corrected chi connectivity index (χ1v) is 22.1. The van der Waals surface area contributed by atoms with Gasteiger partial charge >= 0.3 is 0 Å². The fourth-order valence-electron chi connectivity index (χ4n) is 8.46. The lowest BCUT2D eigenvalue weighted by Gasteiger charge is -2.31. The van der Waals surface area contributed by atoms with E-state index in [2.05, 4.69) is 15.9 Å². The number of aliphatic hydroxyl groups excluding tert-OH is 1. The summed E-state index contributed by atoms with van der Waals surface area (Å²) in [6.07, 6.45) is -0.118. The molecule has 4 atom stereocenters. The van der Waals surface area contributed by atoms with Crippen molar-refractivity contribution in [3.8, 4) is 0 Å². The van der Waals surface area contributed by atoms with Gasteiger partial charge in [-0.05, 0) is 60.1 Å². The van der Waals surface area contributed by atoms with E-state index < -0.39 is 31.6 Å². The second kappa shape index (κ2) is 15.3. The summed E-state index contributed by atoms with van der Waals surface area (Å²) in [7, 11) is -3.54. The Hall–Kier alpha value is -4.49. The van der Waals surface area contributed by atoms with Gasteiger partial charge in [0.1, 0.15) is 0 Å². The summed E-state index contributed by atoms with van der Waals surface area (Å²) in [5.41, 5.74) is 3.14. The molecule has 4 aromatic carbocycles. The van der Waals surface area contributed by atoms with E-state index in [1.54, 1.807) is 22.9 Å². The molecule has 7 rings (SSSR count). The molecule has 1 N–H and O–H groups in total. The van der Waals surface area contributed by atoms with E-state index in [1.165, 1.54) is 5.01 Å². The number of halogens is 2. The molecular weight excluding hydrogens is 767 g/mol. The van der Waals surface area contributed by atoms with Crippen molar-refractivity contribution in [1.29, 1.82) is 0 Å². The Balaban J connectivity index is 1.20. The largest absolute Gasteiger partial charge is 0.395 e. The van der Waals surface area contributed by atoms with Crippen LogP contribution < -0.4 is 9.91 Å². The molecule has 3 heterocycles. The summed E-state index contributed by atoms with van der Waals surface area (Å²) >= 11 is 3.60. The number of carbonyl (C=O) groups excluding carboxylic acids is 3. The Morgan fingerprint density at radius 2 is 1.69 bits per heavy atom. The van der Waals surface area contributed by atoms with Crippen LogP contribution in [0.3, 0.4) is 0 Å². The van der Waals surface area contributed by atoms with Crippen LogP contribution in [-0.2, 0) is 37.8 Å². The molecule has 3 aliphatic heterocycles. The van der Waals surface area contributed by atoms with E-state index >= 15 is 4.11 Å². The van der Waals surface area contributed by atoms with Crippen LogP contribution >= 0.6 is 15.9 Å². The highest BCUT2D eigenvalue weighted by Gasteiger charge is 2.67. The van der Waals surface area contributed by atoms with Crippen LogP contribution in [0, 0.1) is 5.92 Å². The summed E-state index contributed by atoms with van der Waals surface area (Å²) in [6, 6.07) is 32.3. The minimum Gasteiger partial charge on any atom is -0.395 e. The lowest BCUT2D eigenvalue weighted by atomic mass is 9.82. The molecule has 9 nitrogen and oxygen atoms in total. The lowest BCUT2D eigenvalue weighted by Crippen LogP contribution is -2.45. The fourth-order valence-corrected chi connectivity index (χ4v) is 11.3. The zero-order valence-corrected chi connectivity index (χ0v) is 33.2. The van der Waals surface area contributed by atoms with Crippen molar-refractivity contribution in [1.82, 2.24) is 4.90 Å². The Bertz CT molecular complexity index is 2080. The van der Waals surface area contributed by atoms with Gasteiger partial charge in [-0.1, -0.05) is 95.7 Å². The summed E-state index contributed by atoms with van der Waals surface area (Å²) < 4.78 is 24.1. The number of carbonyl (C=O) groups is 3. The van der Waals surface area contributed by atoms with Gasteiger partial charge in [0.15, 0.2) is 5.60 Å². The molecule has 280 valence electrons. The van der Waals surface area contributed by atoms with Gasteiger partial charge in [-0.2, -0.15) is 5.10 Å². The van der Waals surface area contributed by atoms with Crippen LogP contribution in [-0.4, -0.2) is 61.1 Å². The maximum atomic E-state index is 16.5. The first-order chi connectivity index (χ1) is 25.9. The van der Waals surface area contributed by atoms with Crippen LogP contribution in [0.5, 0.6) is 0 Å². The average Bonchev–Trinajstić information content (AvgIpc) is 3.58. The topological polar surface area (TPSA) is 103 Å². The summed E-state index contributed by atoms with van der Waals surface area (Å²) in [6.45, 7) is 5.45. The van der Waals surface area contributed by atoms with Gasteiger partial charge in [0.05, 0.1) is 42.8 Å². The number of nitrogens with zero attached hydrogens (tertiary/aromatic N) is 4. The van der Waals surface area contributed by atoms with Crippen LogP contribution in [0.1, 0.15) is 48.4 Å². The molecular formula is C42H44BrFN4O5Si. The summed E-state index contributed by atoms with van der Waals surface area (Å²) in [4.78, 5) is 45.3. The molecule has 0 aliphatic carbocycles. The quantitative estimate of drug-likeness (QED) is 0.124. The second-order valence-electron chi connectivity index (χ2n) is 14.8. The van der Waals surface area contributed by atoms with Crippen molar-refractivity contribution in [2.75, 3.05) is 23.1 Å². The van der Waals surface area contributed by atoms with E-state index in [4.69, 9.17) is 9.84 Å². The van der Waals surface area contributed by atoms with Crippen molar-refractivity contribution in [2.45, 2.75) is 69.6 Å². The highest BCUT2D eigenvalue weighted by molar-refractivity contribution is 9.10.